The van der Waals surface area contributed by atoms with E-state index in [2.05, 4.69) is 36.9 Å². The van der Waals surface area contributed by atoms with E-state index in [4.69, 9.17) is 9.47 Å². The third kappa shape index (κ3) is 5.10. The molecule has 6 rings (SSSR count). The minimum absolute atomic E-state index is 0.0902. The van der Waals surface area contributed by atoms with E-state index in [1.807, 2.05) is 37.3 Å². The van der Waals surface area contributed by atoms with E-state index in [0.717, 1.165) is 29.6 Å². The number of aromatic nitrogens is 6. The quantitative estimate of drug-likeness (QED) is 0.346. The molecule has 0 aliphatic carbocycles. The summed E-state index contributed by atoms with van der Waals surface area (Å²) in [7, 11) is 0. The van der Waals surface area contributed by atoms with Crippen LogP contribution in [0.4, 0.5) is 10.2 Å². The summed E-state index contributed by atoms with van der Waals surface area (Å²) >= 11 is 0. The van der Waals surface area contributed by atoms with Gasteiger partial charge in [-0.3, -0.25) is 4.68 Å². The van der Waals surface area contributed by atoms with Gasteiger partial charge in [-0.15, -0.1) is 0 Å². The Kier molecular flexibility index (Phi) is 7.08. The Morgan fingerprint density at radius 3 is 2.95 bits per heavy atom. The van der Waals surface area contributed by atoms with Gasteiger partial charge in [0.15, 0.2) is 11.6 Å². The molecule has 2 N–H and O–H groups in total. The van der Waals surface area contributed by atoms with Gasteiger partial charge in [-0.2, -0.15) is 15.5 Å². The monoisotopic (exact) mass is 541 g/mol. The standard InChI is InChI=1S/C28H28FN9O2/c1-19(20-4-5-26(33-12-20)37-16-22(29)14-35-37)36-27-24(3-2-8-32-27)28(40-17-23-15-31-9-10-39-23)7-6-25-21(11-30)13-34-38(25)18-28/h2-8,12-14,16,19,23,31H,9-10,15,17-18H2,1H3,(H,32,36)/t19-,23?,28?/m0/s1. The van der Waals surface area contributed by atoms with Crippen LogP contribution in [-0.2, 0) is 21.6 Å². The second-order valence-electron chi connectivity index (χ2n) is 9.76. The Morgan fingerprint density at radius 2 is 2.20 bits per heavy atom. The van der Waals surface area contributed by atoms with Crippen molar-refractivity contribution in [1.82, 2.24) is 34.8 Å². The van der Waals surface area contributed by atoms with Crippen molar-refractivity contribution < 1.29 is 13.9 Å². The summed E-state index contributed by atoms with van der Waals surface area (Å²) in [5.41, 5.74) is 2.09. The van der Waals surface area contributed by atoms with Crippen LogP contribution >= 0.6 is 0 Å². The van der Waals surface area contributed by atoms with Crippen LogP contribution in [0.1, 0.15) is 35.3 Å². The summed E-state index contributed by atoms with van der Waals surface area (Å²) in [4.78, 5) is 9.12. The summed E-state index contributed by atoms with van der Waals surface area (Å²) in [6.07, 6.45) is 11.2. The first-order valence-electron chi connectivity index (χ1n) is 13.0. The Hall–Kier alpha value is -4.44. The van der Waals surface area contributed by atoms with E-state index in [1.54, 1.807) is 29.3 Å². The maximum absolute atomic E-state index is 13.4. The van der Waals surface area contributed by atoms with Gasteiger partial charge in [0.05, 0.1) is 61.8 Å². The minimum atomic E-state index is -0.908. The molecule has 0 aromatic carbocycles. The Morgan fingerprint density at radius 1 is 1.27 bits per heavy atom. The summed E-state index contributed by atoms with van der Waals surface area (Å²) in [6, 6.07) is 9.61. The summed E-state index contributed by atoms with van der Waals surface area (Å²) in [5.74, 6) is 0.745. The smallest absolute Gasteiger partial charge is 0.161 e. The molecule has 2 aliphatic heterocycles. The Bertz CT molecular complexity index is 1550. The van der Waals surface area contributed by atoms with Gasteiger partial charge < -0.3 is 20.1 Å². The van der Waals surface area contributed by atoms with E-state index in [9.17, 15) is 9.65 Å². The lowest BCUT2D eigenvalue weighted by molar-refractivity contribution is -0.0931. The predicted octanol–water partition coefficient (Wildman–Crippen LogP) is 2.97. The van der Waals surface area contributed by atoms with Gasteiger partial charge in [0.25, 0.3) is 0 Å². The largest absolute Gasteiger partial charge is 0.373 e. The summed E-state index contributed by atoms with van der Waals surface area (Å²) < 4.78 is 29.1. The van der Waals surface area contributed by atoms with Crippen LogP contribution in [0.15, 0.2) is 61.3 Å². The number of hydrogen-bond acceptors (Lipinski definition) is 9. The number of nitriles is 1. The molecule has 6 heterocycles. The van der Waals surface area contributed by atoms with Gasteiger partial charge in [-0.05, 0) is 36.8 Å². The maximum Gasteiger partial charge on any atom is 0.161 e. The highest BCUT2D eigenvalue weighted by Crippen LogP contribution is 2.39. The number of morpholine rings is 1. The summed E-state index contributed by atoms with van der Waals surface area (Å²) in [5, 5.41) is 24.8. The fourth-order valence-electron chi connectivity index (χ4n) is 4.95. The van der Waals surface area contributed by atoms with E-state index in [0.29, 0.717) is 43.5 Å². The van der Waals surface area contributed by atoms with E-state index >= 15 is 0 Å². The highest BCUT2D eigenvalue weighted by molar-refractivity contribution is 5.60. The molecule has 4 aromatic rings. The molecule has 40 heavy (non-hydrogen) atoms. The SMILES string of the molecule is C[C@H](Nc1ncccc1C1(OCC2CNCCO2)C=Cc2c(C#N)cnn2C1)c1ccc(-n2cc(F)cn2)nc1. The molecule has 204 valence electrons. The molecule has 0 radical (unpaired) electrons. The Balaban J connectivity index is 1.29. The third-order valence-corrected chi connectivity index (χ3v) is 7.10. The number of rotatable bonds is 8. The van der Waals surface area contributed by atoms with E-state index in [-0.39, 0.29) is 12.1 Å². The van der Waals surface area contributed by atoms with Crippen LogP contribution in [-0.4, -0.2) is 61.9 Å². The first-order valence-corrected chi connectivity index (χ1v) is 13.0. The lowest BCUT2D eigenvalue weighted by atomic mass is 9.90. The molecular weight excluding hydrogens is 513 g/mol. The van der Waals surface area contributed by atoms with E-state index in [1.165, 1.54) is 10.9 Å². The number of fused-ring (bicyclic) bond motifs is 1. The van der Waals surface area contributed by atoms with Gasteiger partial charge in [0.2, 0.25) is 0 Å². The number of anilines is 1. The number of ether oxygens (including phenoxy) is 2. The highest BCUT2D eigenvalue weighted by atomic mass is 19.1. The van der Waals surface area contributed by atoms with Crippen LogP contribution in [0.3, 0.4) is 0 Å². The van der Waals surface area contributed by atoms with Crippen LogP contribution in [0.5, 0.6) is 0 Å². The maximum atomic E-state index is 13.4. The van der Waals surface area contributed by atoms with Crippen LogP contribution in [0.2, 0.25) is 0 Å². The number of nitrogens with zero attached hydrogens (tertiary/aromatic N) is 7. The predicted molar refractivity (Wildman–Crippen MR) is 144 cm³/mol. The van der Waals surface area contributed by atoms with Gasteiger partial charge in [-0.25, -0.2) is 19.0 Å². The molecule has 0 spiro atoms. The number of nitrogens with one attached hydrogen (secondary N) is 2. The second-order valence-corrected chi connectivity index (χ2v) is 9.76. The fraction of sp³-hybridized carbons (Fsp3) is 0.321. The molecule has 0 amide bonds. The molecule has 11 nitrogen and oxygen atoms in total. The lowest BCUT2D eigenvalue weighted by Gasteiger charge is -2.37. The van der Waals surface area contributed by atoms with Crippen molar-refractivity contribution in [3.63, 3.8) is 0 Å². The minimum Gasteiger partial charge on any atom is -0.373 e. The summed E-state index contributed by atoms with van der Waals surface area (Å²) in [6.45, 7) is 4.89. The normalized spacial score (nSPS) is 21.0. The van der Waals surface area contributed by atoms with Crippen LogP contribution < -0.4 is 10.6 Å². The van der Waals surface area contributed by atoms with Gasteiger partial charge in [-0.1, -0.05) is 12.1 Å². The van der Waals surface area contributed by atoms with Gasteiger partial charge in [0.1, 0.15) is 17.5 Å². The topological polar surface area (TPSA) is 128 Å². The van der Waals surface area contributed by atoms with E-state index < -0.39 is 11.4 Å². The van der Waals surface area contributed by atoms with Crippen LogP contribution in [0, 0.1) is 17.1 Å². The lowest BCUT2D eigenvalue weighted by Crippen LogP contribution is -2.44. The van der Waals surface area contributed by atoms with Crippen molar-refractivity contribution in [2.45, 2.75) is 31.2 Å². The van der Waals surface area contributed by atoms with Crippen molar-refractivity contribution in [3.8, 4) is 11.9 Å². The molecule has 0 saturated carbocycles. The first-order chi connectivity index (χ1) is 19.5. The van der Waals surface area contributed by atoms with Crippen molar-refractivity contribution in [2.75, 3.05) is 31.6 Å². The molecule has 2 unspecified atom stereocenters. The molecule has 2 aliphatic rings. The van der Waals surface area contributed by atoms with Crippen molar-refractivity contribution in [3.05, 3.63) is 89.5 Å². The third-order valence-electron chi connectivity index (χ3n) is 7.10. The van der Waals surface area contributed by atoms with Gasteiger partial charge >= 0.3 is 0 Å². The molecule has 0 bridgehead atoms. The van der Waals surface area contributed by atoms with Gasteiger partial charge in [0, 0.05) is 31.0 Å². The zero-order valence-corrected chi connectivity index (χ0v) is 21.9. The number of pyridine rings is 2. The second kappa shape index (κ2) is 11.0. The zero-order valence-electron chi connectivity index (χ0n) is 21.9. The first kappa shape index (κ1) is 25.8. The molecule has 1 saturated heterocycles. The average molecular weight is 542 g/mol. The average Bonchev–Trinajstić information content (AvgIpc) is 3.62. The number of halogens is 1. The Labute approximate surface area is 230 Å². The van der Waals surface area contributed by atoms with Crippen molar-refractivity contribution in [1.29, 1.82) is 5.26 Å². The van der Waals surface area contributed by atoms with Crippen molar-refractivity contribution in [2.24, 2.45) is 0 Å². The fourth-order valence-corrected chi connectivity index (χ4v) is 4.95. The molecule has 3 atom stereocenters. The zero-order chi connectivity index (χ0) is 27.5. The van der Waals surface area contributed by atoms with Crippen LogP contribution in [0.25, 0.3) is 11.9 Å². The molecule has 1 fully saturated rings. The molecule has 4 aromatic heterocycles. The van der Waals surface area contributed by atoms with Crippen molar-refractivity contribution >= 4 is 11.9 Å². The number of hydrogen-bond donors (Lipinski definition) is 2. The highest BCUT2D eigenvalue weighted by Gasteiger charge is 2.39. The molecule has 12 heteroatoms. The molecular formula is C28H28FN9O2.